The molecule has 2 rings (SSSR count). The molecule has 0 aliphatic carbocycles. The summed E-state index contributed by atoms with van der Waals surface area (Å²) in [6.07, 6.45) is 1.80. The second-order valence-corrected chi connectivity index (χ2v) is 7.01. The Balaban J connectivity index is 2.01. The van der Waals surface area contributed by atoms with Crippen LogP contribution < -0.4 is 5.32 Å². The molecule has 3 nitrogen and oxygen atoms in total. The zero-order valence-corrected chi connectivity index (χ0v) is 14.2. The van der Waals surface area contributed by atoms with Crippen molar-refractivity contribution in [2.24, 2.45) is 0 Å². The monoisotopic (exact) mass is 306 g/mol. The molecule has 1 N–H and O–H groups in total. The second-order valence-electron chi connectivity index (χ2n) is 5.98. The molecule has 0 aromatic carbocycles. The van der Waals surface area contributed by atoms with Gasteiger partial charge < -0.3 is 9.73 Å². The third kappa shape index (κ3) is 4.99. The molecule has 0 amide bonds. The number of nitrogens with one attached hydrogen (secondary N) is 1. The molecule has 0 aliphatic heterocycles. The van der Waals surface area contributed by atoms with Gasteiger partial charge in [-0.25, -0.2) is 0 Å². The summed E-state index contributed by atoms with van der Waals surface area (Å²) in [6.45, 7) is 11.5. The van der Waals surface area contributed by atoms with Crippen molar-refractivity contribution >= 4 is 11.3 Å². The predicted octanol–water partition coefficient (Wildman–Crippen LogP) is 4.25. The van der Waals surface area contributed by atoms with E-state index in [0.29, 0.717) is 12.1 Å². The zero-order valence-electron chi connectivity index (χ0n) is 13.4. The van der Waals surface area contributed by atoms with Crippen LogP contribution in [0, 0.1) is 0 Å². The van der Waals surface area contributed by atoms with Gasteiger partial charge in [0, 0.05) is 35.6 Å². The maximum atomic E-state index is 5.72. The van der Waals surface area contributed by atoms with Crippen LogP contribution >= 0.6 is 11.3 Å². The molecule has 0 spiro atoms. The summed E-state index contributed by atoms with van der Waals surface area (Å²) in [7, 11) is 0. The van der Waals surface area contributed by atoms with E-state index in [1.807, 2.05) is 11.3 Å². The largest absolute Gasteiger partial charge is 0.468 e. The molecule has 2 heterocycles. The Kier molecular flexibility index (Phi) is 6.03. The fourth-order valence-corrected chi connectivity index (χ4v) is 2.91. The SMILES string of the molecule is CC(C)NCc1ccoc1CN(Cc1cccs1)C(C)C. The lowest BCUT2D eigenvalue weighted by molar-refractivity contribution is 0.188. The summed E-state index contributed by atoms with van der Waals surface area (Å²) in [4.78, 5) is 3.85. The molecule has 0 radical (unpaired) electrons. The van der Waals surface area contributed by atoms with Crippen LogP contribution in [0.25, 0.3) is 0 Å². The molecular formula is C17H26N2OS. The van der Waals surface area contributed by atoms with E-state index in [4.69, 9.17) is 4.42 Å². The first-order valence-corrected chi connectivity index (χ1v) is 8.49. The first-order valence-electron chi connectivity index (χ1n) is 7.61. The maximum absolute atomic E-state index is 5.72. The Bertz CT molecular complexity index is 517. The Morgan fingerprint density at radius 1 is 1.19 bits per heavy atom. The molecule has 0 atom stereocenters. The number of hydrogen-bond acceptors (Lipinski definition) is 4. The highest BCUT2D eigenvalue weighted by molar-refractivity contribution is 7.09. The van der Waals surface area contributed by atoms with Crippen LogP contribution in [0.5, 0.6) is 0 Å². The van der Waals surface area contributed by atoms with E-state index in [1.165, 1.54) is 10.4 Å². The Labute approximate surface area is 132 Å². The molecule has 0 saturated heterocycles. The van der Waals surface area contributed by atoms with Gasteiger partial charge in [-0.05, 0) is 31.4 Å². The summed E-state index contributed by atoms with van der Waals surface area (Å²) < 4.78 is 5.72. The van der Waals surface area contributed by atoms with Crippen LogP contribution in [0.1, 0.15) is 43.9 Å². The minimum atomic E-state index is 0.486. The molecule has 0 fully saturated rings. The van der Waals surface area contributed by atoms with Crippen LogP contribution in [0.3, 0.4) is 0 Å². The minimum absolute atomic E-state index is 0.486. The van der Waals surface area contributed by atoms with Crippen LogP contribution in [-0.4, -0.2) is 17.0 Å². The van der Waals surface area contributed by atoms with Crippen molar-refractivity contribution in [3.8, 4) is 0 Å². The van der Waals surface area contributed by atoms with E-state index in [9.17, 15) is 0 Å². The van der Waals surface area contributed by atoms with E-state index in [-0.39, 0.29) is 0 Å². The third-order valence-corrected chi connectivity index (χ3v) is 4.42. The van der Waals surface area contributed by atoms with E-state index in [0.717, 1.165) is 25.4 Å². The Morgan fingerprint density at radius 2 is 2.00 bits per heavy atom. The summed E-state index contributed by atoms with van der Waals surface area (Å²) in [6, 6.07) is 7.37. The van der Waals surface area contributed by atoms with E-state index >= 15 is 0 Å². The number of nitrogens with zero attached hydrogens (tertiary/aromatic N) is 1. The number of hydrogen-bond donors (Lipinski definition) is 1. The van der Waals surface area contributed by atoms with E-state index in [1.54, 1.807) is 6.26 Å². The molecule has 0 unspecified atom stereocenters. The summed E-state index contributed by atoms with van der Waals surface area (Å²) in [5.74, 6) is 1.08. The average molecular weight is 306 g/mol. The van der Waals surface area contributed by atoms with Crippen molar-refractivity contribution in [2.45, 2.75) is 59.4 Å². The fourth-order valence-electron chi connectivity index (χ4n) is 2.19. The molecule has 21 heavy (non-hydrogen) atoms. The highest BCUT2D eigenvalue weighted by atomic mass is 32.1. The van der Waals surface area contributed by atoms with Crippen LogP contribution in [0.15, 0.2) is 34.3 Å². The van der Waals surface area contributed by atoms with Crippen LogP contribution in [-0.2, 0) is 19.6 Å². The Hall–Kier alpha value is -1.10. The molecule has 2 aromatic heterocycles. The standard InChI is InChI=1S/C17H26N2OS/c1-13(2)18-10-15-7-8-20-17(15)12-19(14(3)4)11-16-6-5-9-21-16/h5-9,13-14,18H,10-12H2,1-4H3. The normalized spacial score (nSPS) is 12.0. The van der Waals surface area contributed by atoms with Gasteiger partial charge in [-0.1, -0.05) is 19.9 Å². The van der Waals surface area contributed by atoms with E-state index < -0.39 is 0 Å². The first kappa shape index (κ1) is 16.3. The lowest BCUT2D eigenvalue weighted by Gasteiger charge is -2.25. The van der Waals surface area contributed by atoms with Gasteiger partial charge in [-0.2, -0.15) is 0 Å². The second kappa shape index (κ2) is 7.78. The zero-order chi connectivity index (χ0) is 15.2. The van der Waals surface area contributed by atoms with Crippen LogP contribution in [0.4, 0.5) is 0 Å². The van der Waals surface area contributed by atoms with Gasteiger partial charge in [0.15, 0.2) is 0 Å². The minimum Gasteiger partial charge on any atom is -0.468 e. The number of rotatable bonds is 8. The lowest BCUT2D eigenvalue weighted by atomic mass is 10.2. The van der Waals surface area contributed by atoms with Crippen molar-refractivity contribution in [3.05, 3.63) is 46.0 Å². The van der Waals surface area contributed by atoms with Crippen molar-refractivity contribution in [1.82, 2.24) is 10.2 Å². The van der Waals surface area contributed by atoms with Gasteiger partial charge in [0.05, 0.1) is 12.8 Å². The Morgan fingerprint density at radius 3 is 2.62 bits per heavy atom. The molecule has 2 aromatic rings. The molecule has 116 valence electrons. The number of furan rings is 1. The third-order valence-electron chi connectivity index (χ3n) is 3.55. The summed E-state index contributed by atoms with van der Waals surface area (Å²) >= 11 is 1.82. The van der Waals surface area contributed by atoms with Gasteiger partial charge in [0.25, 0.3) is 0 Å². The quantitative estimate of drug-likeness (QED) is 0.790. The average Bonchev–Trinajstić information content (AvgIpc) is 3.07. The lowest BCUT2D eigenvalue weighted by Crippen LogP contribution is -2.30. The fraction of sp³-hybridized carbons (Fsp3) is 0.529. The molecule has 4 heteroatoms. The predicted molar refractivity (Wildman–Crippen MR) is 89.4 cm³/mol. The van der Waals surface area contributed by atoms with Crippen molar-refractivity contribution in [2.75, 3.05) is 0 Å². The van der Waals surface area contributed by atoms with Gasteiger partial charge in [0.1, 0.15) is 5.76 Å². The topological polar surface area (TPSA) is 28.4 Å². The molecule has 0 bridgehead atoms. The van der Waals surface area contributed by atoms with Crippen molar-refractivity contribution in [3.63, 3.8) is 0 Å². The molecule has 0 aliphatic rings. The molecule has 0 saturated carbocycles. The maximum Gasteiger partial charge on any atom is 0.122 e. The highest BCUT2D eigenvalue weighted by Crippen LogP contribution is 2.19. The van der Waals surface area contributed by atoms with Crippen LogP contribution in [0.2, 0.25) is 0 Å². The molecular weight excluding hydrogens is 280 g/mol. The van der Waals surface area contributed by atoms with Crippen molar-refractivity contribution < 1.29 is 4.42 Å². The number of thiophene rings is 1. The van der Waals surface area contributed by atoms with Gasteiger partial charge >= 0.3 is 0 Å². The van der Waals surface area contributed by atoms with Gasteiger partial charge in [0.2, 0.25) is 0 Å². The summed E-state index contributed by atoms with van der Waals surface area (Å²) in [5.41, 5.74) is 1.26. The van der Waals surface area contributed by atoms with Gasteiger partial charge in [-0.15, -0.1) is 11.3 Å². The summed E-state index contributed by atoms with van der Waals surface area (Å²) in [5, 5.41) is 5.60. The first-order chi connectivity index (χ1) is 10.1. The van der Waals surface area contributed by atoms with Crippen molar-refractivity contribution in [1.29, 1.82) is 0 Å². The highest BCUT2D eigenvalue weighted by Gasteiger charge is 2.16. The van der Waals surface area contributed by atoms with Gasteiger partial charge in [-0.3, -0.25) is 4.90 Å². The van der Waals surface area contributed by atoms with E-state index in [2.05, 4.69) is 61.5 Å². The smallest absolute Gasteiger partial charge is 0.122 e.